The molecule has 2 aromatic heterocycles. The lowest BCUT2D eigenvalue weighted by Crippen LogP contribution is -2.48. The van der Waals surface area contributed by atoms with Gasteiger partial charge in [-0.25, -0.2) is 0 Å². The standard InChI is InChI=1S/C11H11BrN4/c12-9-5-14-16(6-9)11-7-15(8-11)10-1-3-13-4-2-10/h1-6,11H,7-8H2. The first-order valence-electron chi connectivity index (χ1n) is 5.17. The topological polar surface area (TPSA) is 34.0 Å². The Bertz CT molecular complexity index is 476. The molecule has 0 aromatic carbocycles. The summed E-state index contributed by atoms with van der Waals surface area (Å²) in [7, 11) is 0. The number of halogens is 1. The van der Waals surface area contributed by atoms with E-state index in [1.807, 2.05) is 41.6 Å². The summed E-state index contributed by atoms with van der Waals surface area (Å²) in [6.07, 6.45) is 7.50. The molecule has 0 aliphatic carbocycles. The normalized spacial score (nSPS) is 16.2. The number of pyridine rings is 1. The summed E-state index contributed by atoms with van der Waals surface area (Å²) in [5.74, 6) is 0. The van der Waals surface area contributed by atoms with E-state index in [9.17, 15) is 0 Å². The van der Waals surface area contributed by atoms with Gasteiger partial charge in [0.25, 0.3) is 0 Å². The maximum Gasteiger partial charge on any atom is 0.0868 e. The molecule has 1 saturated heterocycles. The minimum Gasteiger partial charge on any atom is -0.367 e. The van der Waals surface area contributed by atoms with Crippen LogP contribution in [-0.2, 0) is 0 Å². The fourth-order valence-corrected chi connectivity index (χ4v) is 2.20. The smallest absolute Gasteiger partial charge is 0.0868 e. The monoisotopic (exact) mass is 278 g/mol. The molecule has 0 N–H and O–H groups in total. The van der Waals surface area contributed by atoms with E-state index in [-0.39, 0.29) is 0 Å². The van der Waals surface area contributed by atoms with E-state index < -0.39 is 0 Å². The lowest BCUT2D eigenvalue weighted by Gasteiger charge is -2.40. The third-order valence-corrected chi connectivity index (χ3v) is 3.24. The van der Waals surface area contributed by atoms with Gasteiger partial charge in [-0.15, -0.1) is 0 Å². The third-order valence-electron chi connectivity index (χ3n) is 2.83. The van der Waals surface area contributed by atoms with Crippen molar-refractivity contribution in [2.24, 2.45) is 0 Å². The summed E-state index contributed by atoms with van der Waals surface area (Å²) in [5, 5.41) is 4.30. The van der Waals surface area contributed by atoms with E-state index in [2.05, 4.69) is 30.9 Å². The Hall–Kier alpha value is -1.36. The van der Waals surface area contributed by atoms with Crippen LogP contribution >= 0.6 is 15.9 Å². The molecule has 4 nitrogen and oxygen atoms in total. The summed E-state index contributed by atoms with van der Waals surface area (Å²) in [6.45, 7) is 2.02. The first kappa shape index (κ1) is 9.84. The van der Waals surface area contributed by atoms with Gasteiger partial charge in [0.2, 0.25) is 0 Å². The summed E-state index contributed by atoms with van der Waals surface area (Å²) in [6, 6.07) is 4.56. The minimum absolute atomic E-state index is 0.486. The fourth-order valence-electron chi connectivity index (χ4n) is 1.90. The molecule has 0 amide bonds. The summed E-state index contributed by atoms with van der Waals surface area (Å²) in [5.41, 5.74) is 1.23. The van der Waals surface area contributed by atoms with E-state index in [0.717, 1.165) is 17.6 Å². The van der Waals surface area contributed by atoms with Crippen molar-refractivity contribution in [1.82, 2.24) is 14.8 Å². The Balaban J connectivity index is 1.67. The number of aromatic nitrogens is 3. The van der Waals surface area contributed by atoms with Crippen molar-refractivity contribution in [3.63, 3.8) is 0 Å². The van der Waals surface area contributed by atoms with Crippen molar-refractivity contribution in [2.45, 2.75) is 6.04 Å². The molecule has 0 bridgehead atoms. The molecule has 3 rings (SSSR count). The van der Waals surface area contributed by atoms with Gasteiger partial charge in [0.15, 0.2) is 0 Å². The molecular weight excluding hydrogens is 268 g/mol. The zero-order chi connectivity index (χ0) is 11.0. The lowest BCUT2D eigenvalue weighted by atomic mass is 10.1. The highest BCUT2D eigenvalue weighted by atomic mass is 79.9. The van der Waals surface area contributed by atoms with Gasteiger partial charge in [-0.2, -0.15) is 5.10 Å². The highest BCUT2D eigenvalue weighted by Gasteiger charge is 2.28. The molecule has 0 unspecified atom stereocenters. The molecule has 0 radical (unpaired) electrons. The fraction of sp³-hybridized carbons (Fsp3) is 0.273. The van der Waals surface area contributed by atoms with Crippen LogP contribution in [0, 0.1) is 0 Å². The molecule has 16 heavy (non-hydrogen) atoms. The highest BCUT2D eigenvalue weighted by Crippen LogP contribution is 2.27. The predicted octanol–water partition coefficient (Wildman–Crippen LogP) is 2.10. The van der Waals surface area contributed by atoms with Gasteiger partial charge in [0.05, 0.1) is 16.7 Å². The van der Waals surface area contributed by atoms with Crippen LogP contribution in [0.25, 0.3) is 0 Å². The van der Waals surface area contributed by atoms with Gasteiger partial charge < -0.3 is 4.90 Å². The van der Waals surface area contributed by atoms with Crippen LogP contribution in [0.2, 0.25) is 0 Å². The first-order chi connectivity index (χ1) is 7.83. The Labute approximate surface area is 102 Å². The molecule has 0 spiro atoms. The zero-order valence-corrected chi connectivity index (χ0v) is 10.2. The zero-order valence-electron chi connectivity index (χ0n) is 8.62. The molecule has 82 valence electrons. The van der Waals surface area contributed by atoms with Crippen molar-refractivity contribution < 1.29 is 0 Å². The molecule has 0 atom stereocenters. The second-order valence-electron chi connectivity index (χ2n) is 3.90. The van der Waals surface area contributed by atoms with Gasteiger partial charge in [-0.3, -0.25) is 9.67 Å². The second-order valence-corrected chi connectivity index (χ2v) is 4.82. The minimum atomic E-state index is 0.486. The Kier molecular flexibility index (Phi) is 2.40. The maximum atomic E-state index is 4.30. The number of hydrogen-bond donors (Lipinski definition) is 0. The SMILES string of the molecule is Brc1cnn(C2CN(c3ccncc3)C2)c1. The van der Waals surface area contributed by atoms with Crippen molar-refractivity contribution in [1.29, 1.82) is 0 Å². The molecule has 1 fully saturated rings. The highest BCUT2D eigenvalue weighted by molar-refractivity contribution is 9.10. The molecule has 1 aliphatic heterocycles. The van der Waals surface area contributed by atoms with Gasteiger partial charge in [-0.05, 0) is 28.1 Å². The quantitative estimate of drug-likeness (QED) is 0.844. The van der Waals surface area contributed by atoms with Crippen LogP contribution < -0.4 is 4.90 Å². The van der Waals surface area contributed by atoms with Crippen LogP contribution in [0.5, 0.6) is 0 Å². The average Bonchev–Trinajstić information content (AvgIpc) is 2.64. The van der Waals surface area contributed by atoms with Gasteiger partial charge in [-0.1, -0.05) is 0 Å². The molecule has 3 heterocycles. The molecule has 1 aliphatic rings. The van der Waals surface area contributed by atoms with Crippen molar-refractivity contribution in [3.8, 4) is 0 Å². The molecule has 5 heteroatoms. The van der Waals surface area contributed by atoms with Crippen LogP contribution in [0.3, 0.4) is 0 Å². The Morgan fingerprint density at radius 1 is 1.25 bits per heavy atom. The van der Waals surface area contributed by atoms with Crippen molar-refractivity contribution in [3.05, 3.63) is 41.4 Å². The number of nitrogens with zero attached hydrogens (tertiary/aromatic N) is 4. The number of rotatable bonds is 2. The Morgan fingerprint density at radius 3 is 2.62 bits per heavy atom. The van der Waals surface area contributed by atoms with Gasteiger partial charge >= 0.3 is 0 Å². The average molecular weight is 279 g/mol. The molecule has 0 saturated carbocycles. The molecule has 2 aromatic rings. The van der Waals surface area contributed by atoms with Crippen molar-refractivity contribution >= 4 is 21.6 Å². The summed E-state index contributed by atoms with van der Waals surface area (Å²) in [4.78, 5) is 6.34. The van der Waals surface area contributed by atoms with Gasteiger partial charge in [0, 0.05) is 37.4 Å². The number of anilines is 1. The van der Waals surface area contributed by atoms with E-state index in [1.54, 1.807) is 0 Å². The summed E-state index contributed by atoms with van der Waals surface area (Å²) < 4.78 is 3.05. The Morgan fingerprint density at radius 2 is 2.00 bits per heavy atom. The molecular formula is C11H11BrN4. The summed E-state index contributed by atoms with van der Waals surface area (Å²) >= 11 is 3.41. The second kappa shape index (κ2) is 3.90. The van der Waals surface area contributed by atoms with Crippen LogP contribution in [0.4, 0.5) is 5.69 Å². The van der Waals surface area contributed by atoms with E-state index >= 15 is 0 Å². The van der Waals surface area contributed by atoms with Crippen LogP contribution in [0.1, 0.15) is 6.04 Å². The largest absolute Gasteiger partial charge is 0.367 e. The third kappa shape index (κ3) is 1.71. The number of hydrogen-bond acceptors (Lipinski definition) is 3. The van der Waals surface area contributed by atoms with E-state index in [4.69, 9.17) is 0 Å². The van der Waals surface area contributed by atoms with E-state index in [1.165, 1.54) is 5.69 Å². The van der Waals surface area contributed by atoms with E-state index in [0.29, 0.717) is 6.04 Å². The van der Waals surface area contributed by atoms with Crippen LogP contribution in [-0.4, -0.2) is 27.9 Å². The lowest BCUT2D eigenvalue weighted by molar-refractivity contribution is 0.368. The maximum absolute atomic E-state index is 4.30. The van der Waals surface area contributed by atoms with Crippen molar-refractivity contribution in [2.75, 3.05) is 18.0 Å². The van der Waals surface area contributed by atoms with Gasteiger partial charge in [0.1, 0.15) is 0 Å². The predicted molar refractivity (Wildman–Crippen MR) is 65.4 cm³/mol. The van der Waals surface area contributed by atoms with Crippen LogP contribution in [0.15, 0.2) is 41.4 Å². The first-order valence-corrected chi connectivity index (χ1v) is 5.97.